The van der Waals surface area contributed by atoms with Gasteiger partial charge in [-0.2, -0.15) is 0 Å². The lowest BCUT2D eigenvalue weighted by Crippen LogP contribution is -2.01. The summed E-state index contributed by atoms with van der Waals surface area (Å²) >= 11 is 5.13. The monoisotopic (exact) mass is 323 g/mol. The molecule has 2 aromatic rings. The predicted octanol–water partition coefficient (Wildman–Crippen LogP) is 3.67. The lowest BCUT2D eigenvalue weighted by Gasteiger charge is -2.08. The minimum absolute atomic E-state index is 0.422. The summed E-state index contributed by atoms with van der Waals surface area (Å²) in [5.74, 6) is 0. The summed E-state index contributed by atoms with van der Waals surface area (Å²) < 4.78 is 0.968. The maximum Gasteiger partial charge on any atom is 0.0937 e. The first kappa shape index (κ1) is 12.3. The number of aromatic nitrogens is 1. The fraction of sp³-hybridized carbons (Fsp3) is 0.357. The van der Waals surface area contributed by atoms with Crippen LogP contribution in [0.5, 0.6) is 0 Å². The lowest BCUT2D eigenvalue weighted by molar-refractivity contribution is 0.181. The second-order valence-electron chi connectivity index (χ2n) is 4.64. The van der Waals surface area contributed by atoms with Gasteiger partial charge in [-0.3, -0.25) is 4.98 Å². The molecule has 0 amide bonds. The molecule has 0 aliphatic heterocycles. The van der Waals surface area contributed by atoms with E-state index in [1.807, 2.05) is 12.1 Å². The van der Waals surface area contributed by atoms with Gasteiger partial charge < -0.3 is 5.11 Å². The molecule has 0 saturated carbocycles. The van der Waals surface area contributed by atoms with Crippen molar-refractivity contribution in [1.82, 2.24) is 4.98 Å². The normalized spacial score (nSPS) is 15.7. The summed E-state index contributed by atoms with van der Waals surface area (Å²) in [4.78, 5) is 6.86. The zero-order valence-electron chi connectivity index (χ0n) is 9.90. The van der Waals surface area contributed by atoms with E-state index in [4.69, 9.17) is 0 Å². The second-order valence-corrected chi connectivity index (χ2v) is 6.72. The van der Waals surface area contributed by atoms with Crippen LogP contribution in [0.25, 0.3) is 0 Å². The highest BCUT2D eigenvalue weighted by Gasteiger charge is 2.19. The number of hydrogen-bond donors (Lipinski definition) is 1. The van der Waals surface area contributed by atoms with Gasteiger partial charge >= 0.3 is 0 Å². The molecule has 94 valence electrons. The summed E-state index contributed by atoms with van der Waals surface area (Å²) in [6, 6.07) is 6.09. The van der Waals surface area contributed by atoms with Crippen LogP contribution in [0.1, 0.15) is 33.5 Å². The number of nitrogens with zero attached hydrogens (tertiary/aromatic N) is 1. The molecule has 0 fully saturated rings. The summed E-state index contributed by atoms with van der Waals surface area (Å²) in [6.07, 6.45) is 5.57. The number of aryl methyl sites for hydroxylation is 2. The average Bonchev–Trinajstić information content (AvgIpc) is 2.92. The Labute approximate surface area is 119 Å². The Morgan fingerprint density at radius 3 is 3.00 bits per heavy atom. The van der Waals surface area contributed by atoms with E-state index in [1.165, 1.54) is 29.7 Å². The van der Waals surface area contributed by atoms with Gasteiger partial charge in [-0.1, -0.05) is 0 Å². The van der Waals surface area contributed by atoms with Crippen molar-refractivity contribution < 1.29 is 5.11 Å². The quantitative estimate of drug-likeness (QED) is 0.934. The molecule has 0 bridgehead atoms. The first-order chi connectivity index (χ1) is 8.72. The van der Waals surface area contributed by atoms with Crippen LogP contribution in [0.3, 0.4) is 0 Å². The molecule has 1 atom stereocenters. The molecule has 2 heterocycles. The number of pyridine rings is 1. The van der Waals surface area contributed by atoms with Crippen molar-refractivity contribution in [2.45, 2.75) is 31.8 Å². The van der Waals surface area contributed by atoms with Gasteiger partial charge in [0.25, 0.3) is 0 Å². The predicted molar refractivity (Wildman–Crippen MR) is 76.9 cm³/mol. The molecule has 0 aromatic carbocycles. The summed E-state index contributed by atoms with van der Waals surface area (Å²) in [5, 5.41) is 10.3. The van der Waals surface area contributed by atoms with Crippen molar-refractivity contribution in [2.24, 2.45) is 0 Å². The van der Waals surface area contributed by atoms with E-state index >= 15 is 0 Å². The molecule has 3 rings (SSSR count). The highest BCUT2D eigenvalue weighted by molar-refractivity contribution is 9.10. The minimum atomic E-state index is -0.422. The van der Waals surface area contributed by atoms with E-state index in [-0.39, 0.29) is 0 Å². The van der Waals surface area contributed by atoms with Crippen LogP contribution in [0.4, 0.5) is 0 Å². The molecule has 4 heteroatoms. The van der Waals surface area contributed by atoms with E-state index in [0.717, 1.165) is 15.0 Å². The molecule has 1 aliphatic rings. The van der Waals surface area contributed by atoms with Gasteiger partial charge in [-0.25, -0.2) is 0 Å². The van der Waals surface area contributed by atoms with E-state index < -0.39 is 6.10 Å². The van der Waals surface area contributed by atoms with E-state index in [1.54, 1.807) is 17.5 Å². The zero-order valence-corrected chi connectivity index (χ0v) is 12.3. The molecule has 1 aliphatic carbocycles. The number of hydrogen-bond acceptors (Lipinski definition) is 3. The maximum atomic E-state index is 10.3. The fourth-order valence-corrected chi connectivity index (χ4v) is 3.82. The van der Waals surface area contributed by atoms with Crippen molar-refractivity contribution in [3.05, 3.63) is 49.9 Å². The van der Waals surface area contributed by atoms with Crippen LogP contribution in [0.15, 0.2) is 28.9 Å². The van der Waals surface area contributed by atoms with E-state index in [9.17, 15) is 5.11 Å². The Bertz CT molecular complexity index is 528. The smallest absolute Gasteiger partial charge is 0.0937 e. The number of halogens is 1. The molecule has 2 aromatic heterocycles. The molecule has 0 saturated heterocycles. The molecular formula is C14H14BrNOS. The summed E-state index contributed by atoms with van der Waals surface area (Å²) in [6.45, 7) is 0. The average molecular weight is 324 g/mol. The number of aliphatic hydroxyl groups excluding tert-OH is 1. The molecule has 2 nitrogen and oxygen atoms in total. The van der Waals surface area contributed by atoms with Crippen LogP contribution in [0.2, 0.25) is 0 Å². The number of fused-ring (bicyclic) bond motifs is 1. The van der Waals surface area contributed by atoms with Crippen LogP contribution in [-0.4, -0.2) is 10.1 Å². The third kappa shape index (κ3) is 2.51. The molecule has 1 unspecified atom stereocenters. The number of rotatable bonds is 3. The van der Waals surface area contributed by atoms with Gasteiger partial charge in [0.1, 0.15) is 0 Å². The largest absolute Gasteiger partial charge is 0.387 e. The Morgan fingerprint density at radius 1 is 1.39 bits per heavy atom. The number of aliphatic hydroxyl groups is 1. The van der Waals surface area contributed by atoms with Crippen LogP contribution < -0.4 is 0 Å². The lowest BCUT2D eigenvalue weighted by atomic mass is 10.1. The topological polar surface area (TPSA) is 33.1 Å². The maximum absolute atomic E-state index is 10.3. The van der Waals surface area contributed by atoms with Crippen molar-refractivity contribution in [3.8, 4) is 0 Å². The SMILES string of the molecule is OC(Cc1ccc(Br)cn1)c1cc2c(s1)CCC2. The van der Waals surface area contributed by atoms with Gasteiger partial charge in [0.05, 0.1) is 6.10 Å². The molecule has 18 heavy (non-hydrogen) atoms. The van der Waals surface area contributed by atoms with Gasteiger partial charge in [0.15, 0.2) is 0 Å². The standard InChI is InChI=1S/C14H14BrNOS/c15-10-4-5-11(16-8-10)7-12(17)14-6-9-2-1-3-13(9)18-14/h4-6,8,12,17H,1-3,7H2. The molecular weight excluding hydrogens is 310 g/mol. The van der Waals surface area contributed by atoms with Gasteiger partial charge in [0.2, 0.25) is 0 Å². The first-order valence-electron chi connectivity index (χ1n) is 6.12. The van der Waals surface area contributed by atoms with E-state index in [2.05, 4.69) is 27.0 Å². The summed E-state index contributed by atoms with van der Waals surface area (Å²) in [7, 11) is 0. The van der Waals surface area contributed by atoms with Crippen molar-refractivity contribution in [1.29, 1.82) is 0 Å². The highest BCUT2D eigenvalue weighted by Crippen LogP contribution is 2.34. The van der Waals surface area contributed by atoms with Crippen molar-refractivity contribution in [3.63, 3.8) is 0 Å². The van der Waals surface area contributed by atoms with Gasteiger partial charge in [-0.05, 0) is 59.0 Å². The van der Waals surface area contributed by atoms with Gasteiger partial charge in [0, 0.05) is 32.5 Å². The molecule has 0 radical (unpaired) electrons. The molecule has 1 N–H and O–H groups in total. The van der Waals surface area contributed by atoms with Crippen LogP contribution >= 0.6 is 27.3 Å². The van der Waals surface area contributed by atoms with Crippen LogP contribution in [-0.2, 0) is 19.3 Å². The minimum Gasteiger partial charge on any atom is -0.387 e. The van der Waals surface area contributed by atoms with Crippen LogP contribution in [0, 0.1) is 0 Å². The Hall–Kier alpha value is -0.710. The third-order valence-electron chi connectivity index (χ3n) is 3.29. The van der Waals surface area contributed by atoms with Crippen molar-refractivity contribution >= 4 is 27.3 Å². The second kappa shape index (κ2) is 5.11. The van der Waals surface area contributed by atoms with Gasteiger partial charge in [-0.15, -0.1) is 11.3 Å². The Morgan fingerprint density at radius 2 is 2.28 bits per heavy atom. The Kier molecular flexibility index (Phi) is 3.50. The Balaban J connectivity index is 1.74. The number of thiophene rings is 1. The first-order valence-corrected chi connectivity index (χ1v) is 7.73. The van der Waals surface area contributed by atoms with Crippen molar-refractivity contribution in [2.75, 3.05) is 0 Å². The zero-order chi connectivity index (χ0) is 12.5. The third-order valence-corrected chi connectivity index (χ3v) is 5.09. The fourth-order valence-electron chi connectivity index (χ4n) is 2.34. The van der Waals surface area contributed by atoms with E-state index in [0.29, 0.717) is 6.42 Å². The summed E-state index contributed by atoms with van der Waals surface area (Å²) in [5.41, 5.74) is 2.37. The molecule has 0 spiro atoms. The highest BCUT2D eigenvalue weighted by atomic mass is 79.9.